The highest BCUT2D eigenvalue weighted by atomic mass is 32.2. The first-order chi connectivity index (χ1) is 21.7. The maximum Gasteiger partial charge on any atom is 0.573 e. The summed E-state index contributed by atoms with van der Waals surface area (Å²) < 4.78 is 42.7. The molecule has 1 N–H and O–H groups in total. The summed E-state index contributed by atoms with van der Waals surface area (Å²) in [6.45, 7) is 5.67. The maximum absolute atomic E-state index is 12.7. The highest BCUT2D eigenvalue weighted by molar-refractivity contribution is 8.14. The number of hydrogen-bond acceptors (Lipinski definition) is 5. The molecule has 8 nitrogen and oxygen atoms in total. The van der Waals surface area contributed by atoms with Crippen LogP contribution in [-0.2, 0) is 12.8 Å². The molecule has 3 aromatic carbocycles. The Labute approximate surface area is 264 Å². The number of halogens is 3. The van der Waals surface area contributed by atoms with Crippen LogP contribution in [0.2, 0.25) is 0 Å². The third-order valence-electron chi connectivity index (χ3n) is 7.38. The lowest BCUT2D eigenvalue weighted by Crippen LogP contribution is -2.36. The number of aryl methyl sites for hydroxylation is 1. The van der Waals surface area contributed by atoms with E-state index in [-0.39, 0.29) is 11.8 Å². The van der Waals surface area contributed by atoms with Crippen LogP contribution in [0.5, 0.6) is 5.75 Å². The van der Waals surface area contributed by atoms with Gasteiger partial charge in [0.1, 0.15) is 12.1 Å². The lowest BCUT2D eigenvalue weighted by atomic mass is 9.97. The summed E-state index contributed by atoms with van der Waals surface area (Å²) in [4.78, 5) is 23.6. The summed E-state index contributed by atoms with van der Waals surface area (Å²) in [6, 6.07) is 21.4. The second-order valence-corrected chi connectivity index (χ2v) is 11.9. The topological polar surface area (TPSA) is 84.6 Å². The van der Waals surface area contributed by atoms with Gasteiger partial charge >= 0.3 is 12.4 Å². The van der Waals surface area contributed by atoms with Crippen LogP contribution < -0.4 is 15.0 Å². The molecule has 2 heterocycles. The average molecular weight is 637 g/mol. The van der Waals surface area contributed by atoms with E-state index in [1.807, 2.05) is 36.4 Å². The Morgan fingerprint density at radius 1 is 1.09 bits per heavy atom. The van der Waals surface area contributed by atoms with Gasteiger partial charge in [-0.2, -0.15) is 4.99 Å². The number of amidine groups is 1. The van der Waals surface area contributed by atoms with Crippen LogP contribution in [0, 0.1) is 5.92 Å². The highest BCUT2D eigenvalue weighted by Crippen LogP contribution is 2.29. The summed E-state index contributed by atoms with van der Waals surface area (Å²) in [7, 11) is 0. The van der Waals surface area contributed by atoms with E-state index in [2.05, 4.69) is 56.0 Å². The van der Waals surface area contributed by atoms with Crippen molar-refractivity contribution < 1.29 is 22.7 Å². The fourth-order valence-corrected chi connectivity index (χ4v) is 6.06. The first kappa shape index (κ1) is 32.1. The largest absolute Gasteiger partial charge is 0.573 e. The Balaban J connectivity index is 1.10. The van der Waals surface area contributed by atoms with Gasteiger partial charge in [-0.3, -0.25) is 0 Å². The van der Waals surface area contributed by atoms with Crippen molar-refractivity contribution in [2.45, 2.75) is 45.9 Å². The number of anilines is 1. The van der Waals surface area contributed by atoms with Crippen LogP contribution in [0.3, 0.4) is 0 Å². The number of ether oxygens (including phenoxy) is 1. The predicted molar refractivity (Wildman–Crippen MR) is 172 cm³/mol. The first-order valence-corrected chi connectivity index (χ1v) is 15.9. The van der Waals surface area contributed by atoms with E-state index < -0.39 is 6.36 Å². The molecule has 1 aliphatic heterocycles. The van der Waals surface area contributed by atoms with Crippen molar-refractivity contribution in [1.29, 1.82) is 0 Å². The number of amides is 2. The number of carbonyl (C=O) groups is 1. The number of rotatable bonds is 10. The van der Waals surface area contributed by atoms with Gasteiger partial charge in [0.25, 0.3) is 0 Å². The predicted octanol–water partition coefficient (Wildman–Crippen LogP) is 7.67. The normalized spacial score (nSPS) is 15.2. The molecule has 45 heavy (non-hydrogen) atoms. The van der Waals surface area contributed by atoms with Crippen LogP contribution in [0.4, 0.5) is 23.7 Å². The quantitative estimate of drug-likeness (QED) is 0.192. The number of nitrogens with zero attached hydrogens (tertiary/aromatic N) is 5. The van der Waals surface area contributed by atoms with Crippen molar-refractivity contribution in [3.05, 3.63) is 90.3 Å². The number of urea groups is 1. The van der Waals surface area contributed by atoms with Gasteiger partial charge in [-0.05, 0) is 73.1 Å². The molecule has 1 aromatic heterocycles. The first-order valence-electron chi connectivity index (χ1n) is 14.9. The summed E-state index contributed by atoms with van der Waals surface area (Å²) >= 11 is 1.62. The number of carbonyl (C=O) groups excluding carboxylic acids is 1. The van der Waals surface area contributed by atoms with E-state index in [0.717, 1.165) is 60.0 Å². The van der Waals surface area contributed by atoms with Crippen molar-refractivity contribution in [3.8, 4) is 22.8 Å². The van der Waals surface area contributed by atoms with E-state index in [9.17, 15) is 18.0 Å². The molecule has 1 unspecified atom stereocenters. The second kappa shape index (κ2) is 14.6. The molecule has 5 rings (SSSR count). The zero-order chi connectivity index (χ0) is 31.8. The summed E-state index contributed by atoms with van der Waals surface area (Å²) in [5, 5.41) is 8.18. The number of aromatic nitrogens is 3. The third kappa shape index (κ3) is 8.87. The number of thioether (sulfide) groups is 1. The van der Waals surface area contributed by atoms with Gasteiger partial charge in [0.15, 0.2) is 11.0 Å². The number of benzene rings is 3. The molecule has 1 saturated heterocycles. The molecule has 1 atom stereocenters. The Morgan fingerprint density at radius 2 is 1.84 bits per heavy atom. The summed E-state index contributed by atoms with van der Waals surface area (Å²) in [6.07, 6.45) is 0.393. The molecule has 1 aliphatic rings. The highest BCUT2D eigenvalue weighted by Gasteiger charge is 2.31. The second-order valence-electron chi connectivity index (χ2n) is 10.8. The molecule has 4 aromatic rings. The van der Waals surface area contributed by atoms with Gasteiger partial charge in [-0.1, -0.05) is 68.1 Å². The van der Waals surface area contributed by atoms with Gasteiger partial charge in [0, 0.05) is 30.1 Å². The maximum atomic E-state index is 12.7. The Hall–Kier alpha value is -4.32. The van der Waals surface area contributed by atoms with Crippen LogP contribution in [0.15, 0.2) is 84.1 Å². The number of para-hydroxylation sites is 1. The summed E-state index contributed by atoms with van der Waals surface area (Å²) in [5.41, 5.74) is 4.90. The molecule has 0 saturated carbocycles. The van der Waals surface area contributed by atoms with E-state index in [1.54, 1.807) is 11.8 Å². The van der Waals surface area contributed by atoms with Crippen molar-refractivity contribution >= 4 is 28.6 Å². The van der Waals surface area contributed by atoms with Gasteiger partial charge in [0.2, 0.25) is 0 Å². The van der Waals surface area contributed by atoms with Crippen LogP contribution >= 0.6 is 11.8 Å². The zero-order valence-corrected chi connectivity index (χ0v) is 25.9. The fraction of sp³-hybridized carbons (Fsp3) is 0.333. The van der Waals surface area contributed by atoms with E-state index in [0.29, 0.717) is 24.0 Å². The number of hydrogen-bond donors (Lipinski definition) is 1. The van der Waals surface area contributed by atoms with Crippen LogP contribution in [0.1, 0.15) is 37.8 Å². The third-order valence-corrected chi connectivity index (χ3v) is 8.45. The van der Waals surface area contributed by atoms with E-state index >= 15 is 0 Å². The molecule has 12 heteroatoms. The van der Waals surface area contributed by atoms with Gasteiger partial charge < -0.3 is 15.0 Å². The molecule has 0 bridgehead atoms. The standard InChI is InChI=1S/C33H35F3N6O2S/c1-3-25-7-4-5-8-29(25)41-19-6-20-45-32(41)39-31(43)37-18-17-23(2)21-24-9-11-26(12-10-24)30-38-22-42(40-30)27-13-15-28(16-14-27)44-33(34,35)36/h4-5,7-16,22-23H,3,6,17-21H2,1-2H3,(H,37,43). The SMILES string of the molecule is CCc1ccccc1N1CCCSC1=NC(=O)NCCC(C)Cc1ccc(-c2ncn(-c3ccc(OC(F)(F)F)cc3)n2)cc1. The monoisotopic (exact) mass is 636 g/mol. The van der Waals surface area contributed by atoms with Crippen LogP contribution in [0.25, 0.3) is 17.1 Å². The lowest BCUT2D eigenvalue weighted by molar-refractivity contribution is -0.274. The van der Waals surface area contributed by atoms with Gasteiger partial charge in [-0.25, -0.2) is 14.5 Å². The molecular formula is C33H35F3N6O2S. The minimum atomic E-state index is -4.74. The van der Waals surface area contributed by atoms with Crippen molar-refractivity contribution in [1.82, 2.24) is 20.1 Å². The molecule has 0 aliphatic carbocycles. The average Bonchev–Trinajstić information content (AvgIpc) is 3.52. The van der Waals surface area contributed by atoms with Gasteiger partial charge in [-0.15, -0.1) is 18.3 Å². The van der Waals surface area contributed by atoms with Crippen LogP contribution in [-0.4, -0.2) is 51.2 Å². The number of nitrogens with one attached hydrogen (secondary N) is 1. The van der Waals surface area contributed by atoms with Crippen molar-refractivity contribution in [2.24, 2.45) is 10.9 Å². The number of aliphatic imine (C=N–C) groups is 1. The fourth-order valence-electron chi connectivity index (χ4n) is 5.12. The van der Waals surface area contributed by atoms with E-state index in [4.69, 9.17) is 0 Å². The molecule has 0 spiro atoms. The Morgan fingerprint density at radius 3 is 2.58 bits per heavy atom. The van der Waals surface area contributed by atoms with Crippen molar-refractivity contribution in [3.63, 3.8) is 0 Å². The molecule has 1 fully saturated rings. The zero-order valence-electron chi connectivity index (χ0n) is 25.1. The molecule has 0 radical (unpaired) electrons. The summed E-state index contributed by atoms with van der Waals surface area (Å²) in [5.74, 6) is 1.49. The molecular weight excluding hydrogens is 601 g/mol. The molecule has 236 valence electrons. The molecule has 2 amide bonds. The minimum absolute atomic E-state index is 0.299. The van der Waals surface area contributed by atoms with Gasteiger partial charge in [0.05, 0.1) is 5.69 Å². The lowest BCUT2D eigenvalue weighted by Gasteiger charge is -2.31. The van der Waals surface area contributed by atoms with E-state index in [1.165, 1.54) is 40.8 Å². The Kier molecular flexibility index (Phi) is 10.4. The van der Waals surface area contributed by atoms with Crippen molar-refractivity contribution in [2.75, 3.05) is 23.7 Å². The smallest absolute Gasteiger partial charge is 0.406 e. The number of alkyl halides is 3. The minimum Gasteiger partial charge on any atom is -0.406 e. The Bertz CT molecular complexity index is 1610.